The molecule has 0 fully saturated rings. The first kappa shape index (κ1) is 10.8. The van der Waals surface area contributed by atoms with Crippen molar-refractivity contribution in [2.75, 3.05) is 0 Å². The Labute approximate surface area is 102 Å². The summed E-state index contributed by atoms with van der Waals surface area (Å²) in [4.78, 5) is 5.86. The van der Waals surface area contributed by atoms with E-state index in [1.807, 2.05) is 30.3 Å². The van der Waals surface area contributed by atoms with Crippen molar-refractivity contribution >= 4 is 35.0 Å². The van der Waals surface area contributed by atoms with Gasteiger partial charge in [0.2, 0.25) is 0 Å². The highest BCUT2D eigenvalue weighted by Crippen LogP contribution is 2.37. The average Bonchev–Trinajstić information content (AvgIpc) is 2.25. The number of rotatable bonds is 2. The van der Waals surface area contributed by atoms with Crippen LogP contribution in [0.4, 0.5) is 0 Å². The first-order valence-corrected chi connectivity index (χ1v) is 5.86. The third-order valence-electron chi connectivity index (χ3n) is 1.77. The van der Waals surface area contributed by atoms with Crippen LogP contribution >= 0.6 is 35.0 Å². The molecule has 0 unspecified atom stereocenters. The quantitative estimate of drug-likeness (QED) is 0.782. The van der Waals surface area contributed by atoms with Gasteiger partial charge >= 0.3 is 0 Å². The van der Waals surface area contributed by atoms with Gasteiger partial charge in [0.1, 0.15) is 0 Å². The Morgan fingerprint density at radius 2 is 1.53 bits per heavy atom. The topological polar surface area (TPSA) is 12.9 Å². The molecular formula is C11H7Cl2NS. The maximum absolute atomic E-state index is 6.01. The first-order chi connectivity index (χ1) is 7.27. The van der Waals surface area contributed by atoms with Crippen molar-refractivity contribution in [3.63, 3.8) is 0 Å². The van der Waals surface area contributed by atoms with Gasteiger partial charge in [0.15, 0.2) is 0 Å². The van der Waals surface area contributed by atoms with E-state index in [0.29, 0.717) is 10.0 Å². The lowest BCUT2D eigenvalue weighted by Crippen LogP contribution is -1.80. The molecule has 4 heteroatoms. The summed E-state index contributed by atoms with van der Waals surface area (Å²) in [5.41, 5.74) is 0. The van der Waals surface area contributed by atoms with Crippen LogP contribution in [-0.2, 0) is 0 Å². The Balaban J connectivity index is 2.32. The van der Waals surface area contributed by atoms with Crippen LogP contribution in [0.5, 0.6) is 0 Å². The molecule has 0 N–H and O–H groups in total. The molecule has 1 heterocycles. The van der Waals surface area contributed by atoms with Crippen molar-refractivity contribution in [2.24, 2.45) is 0 Å². The van der Waals surface area contributed by atoms with E-state index in [9.17, 15) is 0 Å². The molecular weight excluding hydrogens is 249 g/mol. The van der Waals surface area contributed by atoms with E-state index < -0.39 is 0 Å². The zero-order valence-electron chi connectivity index (χ0n) is 7.65. The van der Waals surface area contributed by atoms with Crippen molar-refractivity contribution in [3.05, 3.63) is 52.8 Å². The van der Waals surface area contributed by atoms with Gasteiger partial charge in [-0.3, -0.25) is 4.98 Å². The predicted molar refractivity (Wildman–Crippen MR) is 64.8 cm³/mol. The van der Waals surface area contributed by atoms with Crippen LogP contribution in [0.1, 0.15) is 0 Å². The second kappa shape index (κ2) is 4.88. The van der Waals surface area contributed by atoms with Crippen LogP contribution < -0.4 is 0 Å². The Bertz CT molecular complexity index is 439. The second-order valence-corrected chi connectivity index (χ2v) is 4.75. The van der Waals surface area contributed by atoms with E-state index >= 15 is 0 Å². The summed E-state index contributed by atoms with van der Waals surface area (Å²) in [6.07, 6.45) is 3.19. The summed E-state index contributed by atoms with van der Waals surface area (Å²) in [7, 11) is 0. The zero-order chi connectivity index (χ0) is 10.7. The van der Waals surface area contributed by atoms with E-state index in [1.165, 1.54) is 11.8 Å². The average molecular weight is 256 g/mol. The molecule has 0 amide bonds. The molecule has 0 saturated heterocycles. The molecule has 0 spiro atoms. The van der Waals surface area contributed by atoms with Gasteiger partial charge in [0, 0.05) is 17.3 Å². The van der Waals surface area contributed by atoms with Crippen molar-refractivity contribution in [2.45, 2.75) is 9.79 Å². The van der Waals surface area contributed by atoms with E-state index in [2.05, 4.69) is 4.98 Å². The molecule has 0 saturated carbocycles. The van der Waals surface area contributed by atoms with Gasteiger partial charge in [-0.15, -0.1) is 0 Å². The fourth-order valence-corrected chi connectivity index (χ4v) is 2.53. The third kappa shape index (κ3) is 2.65. The monoisotopic (exact) mass is 255 g/mol. The summed E-state index contributed by atoms with van der Waals surface area (Å²) < 4.78 is 0. The number of aromatic nitrogens is 1. The molecule has 1 aromatic heterocycles. The fourth-order valence-electron chi connectivity index (χ4n) is 1.10. The van der Waals surface area contributed by atoms with Crippen LogP contribution in [0, 0.1) is 0 Å². The number of halogens is 2. The summed E-state index contributed by atoms with van der Waals surface area (Å²) in [6.45, 7) is 0. The molecule has 0 aliphatic rings. The summed E-state index contributed by atoms with van der Waals surface area (Å²) in [5, 5.41) is 1.16. The normalized spacial score (nSPS) is 10.3. The van der Waals surface area contributed by atoms with Crippen molar-refractivity contribution < 1.29 is 0 Å². The summed E-state index contributed by atoms with van der Waals surface area (Å²) in [5.74, 6) is 0. The molecule has 0 aliphatic heterocycles. The van der Waals surface area contributed by atoms with E-state index in [0.717, 1.165) is 9.79 Å². The first-order valence-electron chi connectivity index (χ1n) is 4.29. The lowest BCUT2D eigenvalue weighted by Gasteiger charge is -2.05. The summed E-state index contributed by atoms with van der Waals surface area (Å²) in [6, 6.07) is 9.95. The Kier molecular flexibility index (Phi) is 3.52. The minimum Gasteiger partial charge on any atom is -0.262 e. The molecule has 0 atom stereocenters. The highest BCUT2D eigenvalue weighted by molar-refractivity contribution is 7.99. The molecule has 1 aromatic carbocycles. The lowest BCUT2D eigenvalue weighted by atomic mass is 10.4. The number of pyridine rings is 1. The molecule has 2 aromatic rings. The van der Waals surface area contributed by atoms with Gasteiger partial charge in [0.25, 0.3) is 0 Å². The molecule has 0 radical (unpaired) electrons. The minimum absolute atomic E-state index is 0.580. The van der Waals surface area contributed by atoms with Gasteiger partial charge in [-0.2, -0.15) is 0 Å². The third-order valence-corrected chi connectivity index (χ3v) is 3.72. The fraction of sp³-hybridized carbons (Fsp3) is 0. The van der Waals surface area contributed by atoms with E-state index in [4.69, 9.17) is 23.2 Å². The SMILES string of the molecule is Clc1cncc(Cl)c1Sc1ccccc1. The second-order valence-electron chi connectivity index (χ2n) is 2.85. The molecule has 0 bridgehead atoms. The van der Waals surface area contributed by atoms with Crippen LogP contribution in [0.3, 0.4) is 0 Å². The van der Waals surface area contributed by atoms with Crippen LogP contribution in [-0.4, -0.2) is 4.98 Å². The molecule has 2 rings (SSSR count). The number of nitrogens with zero attached hydrogens (tertiary/aromatic N) is 1. The molecule has 0 aliphatic carbocycles. The summed E-state index contributed by atoms with van der Waals surface area (Å²) >= 11 is 13.6. The van der Waals surface area contributed by atoms with Crippen molar-refractivity contribution in [3.8, 4) is 0 Å². The van der Waals surface area contributed by atoms with E-state index in [1.54, 1.807) is 12.4 Å². The van der Waals surface area contributed by atoms with Crippen LogP contribution in [0.25, 0.3) is 0 Å². The van der Waals surface area contributed by atoms with Gasteiger partial charge < -0.3 is 0 Å². The number of hydrogen-bond acceptors (Lipinski definition) is 2. The van der Waals surface area contributed by atoms with Crippen molar-refractivity contribution in [1.29, 1.82) is 0 Å². The standard InChI is InChI=1S/C11H7Cl2NS/c12-9-6-14-7-10(13)11(9)15-8-4-2-1-3-5-8/h1-7H. The predicted octanol–water partition coefficient (Wildman–Crippen LogP) is 4.54. The van der Waals surface area contributed by atoms with Gasteiger partial charge in [-0.25, -0.2) is 0 Å². The van der Waals surface area contributed by atoms with Crippen molar-refractivity contribution in [1.82, 2.24) is 4.98 Å². The van der Waals surface area contributed by atoms with Crippen LogP contribution in [0.15, 0.2) is 52.5 Å². The number of hydrogen-bond donors (Lipinski definition) is 0. The molecule has 76 valence electrons. The van der Waals surface area contributed by atoms with E-state index in [-0.39, 0.29) is 0 Å². The van der Waals surface area contributed by atoms with Gasteiger partial charge in [-0.05, 0) is 12.1 Å². The highest BCUT2D eigenvalue weighted by Gasteiger charge is 2.07. The largest absolute Gasteiger partial charge is 0.262 e. The molecule has 1 nitrogen and oxygen atoms in total. The Hall–Kier alpha value is -0.700. The van der Waals surface area contributed by atoms with Gasteiger partial charge in [-0.1, -0.05) is 53.2 Å². The number of benzene rings is 1. The highest BCUT2D eigenvalue weighted by atomic mass is 35.5. The zero-order valence-corrected chi connectivity index (χ0v) is 9.98. The van der Waals surface area contributed by atoms with Gasteiger partial charge in [0.05, 0.1) is 14.9 Å². The molecule has 15 heavy (non-hydrogen) atoms. The smallest absolute Gasteiger partial charge is 0.0743 e. The maximum atomic E-state index is 6.01. The maximum Gasteiger partial charge on any atom is 0.0743 e. The van der Waals surface area contributed by atoms with Crippen LogP contribution in [0.2, 0.25) is 10.0 Å². The minimum atomic E-state index is 0.580. The Morgan fingerprint density at radius 1 is 0.933 bits per heavy atom. The Morgan fingerprint density at radius 3 is 2.13 bits per heavy atom. The lowest BCUT2D eigenvalue weighted by molar-refractivity contribution is 1.26.